The minimum Gasteiger partial charge on any atom is -0.493 e. The number of anilines is 1. The van der Waals surface area contributed by atoms with Crippen molar-refractivity contribution in [1.29, 1.82) is 0 Å². The lowest BCUT2D eigenvalue weighted by Gasteiger charge is -2.15. The number of carbonyl (C=O) groups is 2. The molecule has 8 heteroatoms. The molecule has 0 saturated carbocycles. The van der Waals surface area contributed by atoms with Gasteiger partial charge in [0.25, 0.3) is 0 Å². The van der Waals surface area contributed by atoms with Crippen molar-refractivity contribution in [3.8, 4) is 17.2 Å². The Hall–Kier alpha value is -3.26. The summed E-state index contributed by atoms with van der Waals surface area (Å²) in [6, 6.07) is 11.8. The van der Waals surface area contributed by atoms with Gasteiger partial charge in [0.05, 0.1) is 27.4 Å². The summed E-state index contributed by atoms with van der Waals surface area (Å²) in [5.41, 5.74) is 0.941. The molecule has 0 bridgehead atoms. The van der Waals surface area contributed by atoms with E-state index in [4.69, 9.17) is 14.2 Å². The second-order valence-electron chi connectivity index (χ2n) is 5.50. The van der Waals surface area contributed by atoms with E-state index in [-0.39, 0.29) is 6.54 Å². The smallest absolute Gasteiger partial charge is 0.313 e. The fourth-order valence-electron chi connectivity index (χ4n) is 2.40. The van der Waals surface area contributed by atoms with Crippen LogP contribution in [-0.2, 0) is 9.59 Å². The summed E-state index contributed by atoms with van der Waals surface area (Å²) in [7, 11) is 4.35. The average Bonchev–Trinajstić information content (AvgIpc) is 2.71. The number of ether oxygens (including phenoxy) is 3. The van der Waals surface area contributed by atoms with Gasteiger partial charge in [-0.2, -0.15) is 0 Å². The van der Waals surface area contributed by atoms with Crippen LogP contribution in [0.5, 0.6) is 17.2 Å². The molecule has 0 aliphatic heterocycles. The molecule has 27 heavy (non-hydrogen) atoms. The molecule has 2 aromatic rings. The molecular weight excluding hydrogens is 352 g/mol. The molecule has 0 aromatic heterocycles. The molecule has 0 spiro atoms. The molecule has 0 heterocycles. The Morgan fingerprint density at radius 2 is 1.56 bits per heavy atom. The Balaban J connectivity index is 2.01. The van der Waals surface area contributed by atoms with Crippen molar-refractivity contribution in [1.82, 2.24) is 5.32 Å². The van der Waals surface area contributed by atoms with Gasteiger partial charge in [0.15, 0.2) is 11.5 Å². The normalized spacial score (nSPS) is 11.3. The van der Waals surface area contributed by atoms with Crippen molar-refractivity contribution < 1.29 is 28.9 Å². The largest absolute Gasteiger partial charge is 0.493 e. The molecule has 144 valence electrons. The van der Waals surface area contributed by atoms with Gasteiger partial charge in [0.2, 0.25) is 5.75 Å². The fourth-order valence-corrected chi connectivity index (χ4v) is 2.40. The van der Waals surface area contributed by atoms with E-state index in [0.29, 0.717) is 28.5 Å². The van der Waals surface area contributed by atoms with E-state index in [2.05, 4.69) is 10.6 Å². The van der Waals surface area contributed by atoms with Crippen molar-refractivity contribution in [2.45, 2.75) is 6.10 Å². The summed E-state index contributed by atoms with van der Waals surface area (Å²) >= 11 is 0. The van der Waals surface area contributed by atoms with Crippen LogP contribution < -0.4 is 24.8 Å². The van der Waals surface area contributed by atoms with Gasteiger partial charge in [-0.15, -0.1) is 0 Å². The van der Waals surface area contributed by atoms with Gasteiger partial charge in [0.1, 0.15) is 0 Å². The lowest BCUT2D eigenvalue weighted by atomic mass is 10.1. The molecule has 0 fully saturated rings. The maximum Gasteiger partial charge on any atom is 0.313 e. The van der Waals surface area contributed by atoms with E-state index in [1.54, 1.807) is 24.3 Å². The van der Waals surface area contributed by atoms with Gasteiger partial charge in [-0.1, -0.05) is 30.3 Å². The third kappa shape index (κ3) is 5.11. The summed E-state index contributed by atoms with van der Waals surface area (Å²) in [4.78, 5) is 24.1. The second kappa shape index (κ2) is 9.44. The first-order valence-corrected chi connectivity index (χ1v) is 8.12. The standard InChI is InChI=1S/C19H22N2O6/c1-25-15-9-13(10-16(26-2)17(15)27-3)21-19(24)18(23)20-11-14(22)12-7-5-4-6-8-12/h4-10,14,22H,11H2,1-3H3,(H,20,23)(H,21,24)/t14-/m0/s1. The Bertz CT molecular complexity index is 769. The molecule has 8 nitrogen and oxygen atoms in total. The van der Waals surface area contributed by atoms with Crippen LogP contribution in [0.2, 0.25) is 0 Å². The maximum absolute atomic E-state index is 12.1. The third-order valence-electron chi connectivity index (χ3n) is 3.77. The van der Waals surface area contributed by atoms with E-state index in [9.17, 15) is 14.7 Å². The molecular formula is C19H22N2O6. The predicted molar refractivity (Wildman–Crippen MR) is 99.1 cm³/mol. The first-order chi connectivity index (χ1) is 13.0. The number of rotatable bonds is 7. The van der Waals surface area contributed by atoms with Crippen LogP contribution in [0.4, 0.5) is 5.69 Å². The first-order valence-electron chi connectivity index (χ1n) is 8.12. The van der Waals surface area contributed by atoms with Crippen molar-refractivity contribution in [3.63, 3.8) is 0 Å². The van der Waals surface area contributed by atoms with Crippen LogP contribution in [0.15, 0.2) is 42.5 Å². The zero-order valence-electron chi connectivity index (χ0n) is 15.3. The van der Waals surface area contributed by atoms with E-state index in [1.165, 1.54) is 33.5 Å². The zero-order valence-corrected chi connectivity index (χ0v) is 15.3. The summed E-state index contributed by atoms with van der Waals surface area (Å²) in [5.74, 6) is -0.712. The average molecular weight is 374 g/mol. The van der Waals surface area contributed by atoms with Crippen molar-refractivity contribution in [2.75, 3.05) is 33.2 Å². The predicted octanol–water partition coefficient (Wildman–Crippen LogP) is 1.50. The highest BCUT2D eigenvalue weighted by atomic mass is 16.5. The summed E-state index contributed by atoms with van der Waals surface area (Å²) in [6.45, 7) is -0.0917. The third-order valence-corrected chi connectivity index (χ3v) is 3.77. The van der Waals surface area contributed by atoms with E-state index >= 15 is 0 Å². The Morgan fingerprint density at radius 3 is 2.07 bits per heavy atom. The molecule has 1 atom stereocenters. The van der Waals surface area contributed by atoms with Crippen LogP contribution in [0, 0.1) is 0 Å². The minimum absolute atomic E-state index is 0.0917. The number of amides is 2. The topological polar surface area (TPSA) is 106 Å². The van der Waals surface area contributed by atoms with Crippen molar-refractivity contribution in [3.05, 3.63) is 48.0 Å². The lowest BCUT2D eigenvalue weighted by molar-refractivity contribution is -0.136. The Labute approximate surface area is 157 Å². The minimum atomic E-state index is -0.913. The molecule has 2 rings (SSSR count). The van der Waals surface area contributed by atoms with E-state index in [0.717, 1.165) is 0 Å². The van der Waals surface area contributed by atoms with Gasteiger partial charge < -0.3 is 30.0 Å². The van der Waals surface area contributed by atoms with Crippen LogP contribution in [-0.4, -0.2) is 44.8 Å². The maximum atomic E-state index is 12.1. The lowest BCUT2D eigenvalue weighted by Crippen LogP contribution is -2.37. The zero-order chi connectivity index (χ0) is 19.8. The van der Waals surface area contributed by atoms with Gasteiger partial charge in [-0.05, 0) is 5.56 Å². The number of aliphatic hydroxyl groups is 1. The number of benzene rings is 2. The van der Waals surface area contributed by atoms with E-state index in [1.807, 2.05) is 6.07 Å². The Morgan fingerprint density at radius 1 is 0.963 bits per heavy atom. The molecule has 0 saturated heterocycles. The highest BCUT2D eigenvalue weighted by Crippen LogP contribution is 2.39. The highest BCUT2D eigenvalue weighted by molar-refractivity contribution is 6.39. The number of nitrogens with one attached hydrogen (secondary N) is 2. The number of aliphatic hydroxyl groups excluding tert-OH is 1. The number of carbonyl (C=O) groups excluding carboxylic acids is 2. The molecule has 0 aliphatic rings. The molecule has 0 radical (unpaired) electrons. The number of hydrogen-bond donors (Lipinski definition) is 3. The second-order valence-corrected chi connectivity index (χ2v) is 5.50. The summed E-state index contributed by atoms with van der Waals surface area (Å²) in [5, 5.41) is 14.9. The highest BCUT2D eigenvalue weighted by Gasteiger charge is 2.19. The monoisotopic (exact) mass is 374 g/mol. The Kier molecular flexibility index (Phi) is 7.01. The number of methoxy groups -OCH3 is 3. The molecule has 2 amide bonds. The van der Waals surface area contributed by atoms with Crippen molar-refractivity contribution in [2.24, 2.45) is 0 Å². The SMILES string of the molecule is COc1cc(NC(=O)C(=O)NC[C@H](O)c2ccccc2)cc(OC)c1OC. The van der Waals surface area contributed by atoms with Gasteiger partial charge in [0, 0.05) is 24.4 Å². The van der Waals surface area contributed by atoms with Gasteiger partial charge >= 0.3 is 11.8 Å². The van der Waals surface area contributed by atoms with Crippen LogP contribution in [0.1, 0.15) is 11.7 Å². The summed E-state index contributed by atoms with van der Waals surface area (Å²) < 4.78 is 15.6. The van der Waals surface area contributed by atoms with Crippen LogP contribution in [0.3, 0.4) is 0 Å². The summed E-state index contributed by atoms with van der Waals surface area (Å²) in [6.07, 6.45) is -0.913. The molecule has 0 unspecified atom stereocenters. The molecule has 0 aliphatic carbocycles. The van der Waals surface area contributed by atoms with Gasteiger partial charge in [-0.3, -0.25) is 9.59 Å². The van der Waals surface area contributed by atoms with Crippen LogP contribution in [0.25, 0.3) is 0 Å². The first kappa shape index (κ1) is 20.1. The molecule has 3 N–H and O–H groups in total. The van der Waals surface area contributed by atoms with Gasteiger partial charge in [-0.25, -0.2) is 0 Å². The number of hydrogen-bond acceptors (Lipinski definition) is 6. The van der Waals surface area contributed by atoms with Crippen molar-refractivity contribution >= 4 is 17.5 Å². The quantitative estimate of drug-likeness (QED) is 0.634. The fraction of sp³-hybridized carbons (Fsp3) is 0.263. The van der Waals surface area contributed by atoms with Crippen LogP contribution >= 0.6 is 0 Å². The van der Waals surface area contributed by atoms with E-state index < -0.39 is 17.9 Å². The molecule has 2 aromatic carbocycles.